The van der Waals surface area contributed by atoms with Crippen molar-refractivity contribution in [3.63, 3.8) is 0 Å². The molecule has 0 aliphatic carbocycles. The molecule has 0 bridgehead atoms. The summed E-state index contributed by atoms with van der Waals surface area (Å²) in [6.45, 7) is 0.406. The summed E-state index contributed by atoms with van der Waals surface area (Å²) < 4.78 is 11.8. The Labute approximate surface area is 132 Å². The summed E-state index contributed by atoms with van der Waals surface area (Å²) in [6.07, 6.45) is 1.61. The molecule has 5 N–H and O–H groups in total. The van der Waals surface area contributed by atoms with Crippen molar-refractivity contribution in [1.82, 2.24) is 9.97 Å². The largest absolute Gasteiger partial charge is 0.395 e. The van der Waals surface area contributed by atoms with Gasteiger partial charge in [0.1, 0.15) is 16.8 Å². The number of nitrogens with two attached hydrogens (primary N) is 1. The van der Waals surface area contributed by atoms with Crippen LogP contribution >= 0.6 is 15.9 Å². The fourth-order valence-electron chi connectivity index (χ4n) is 1.53. The lowest BCUT2D eigenvalue weighted by Crippen LogP contribution is -2.09. The number of hydrogen-bond donors (Lipinski definition) is 4. The minimum absolute atomic E-state index is 0.0108. The molecule has 1 aromatic heterocycles. The van der Waals surface area contributed by atoms with Gasteiger partial charge in [0.2, 0.25) is 5.95 Å². The van der Waals surface area contributed by atoms with Gasteiger partial charge in [-0.3, -0.25) is 0 Å². The zero-order valence-electron chi connectivity index (χ0n) is 10.9. The van der Waals surface area contributed by atoms with Crippen LogP contribution in [0.15, 0.2) is 39.8 Å². The first-order valence-electron chi connectivity index (χ1n) is 6.00. The van der Waals surface area contributed by atoms with E-state index in [1.807, 2.05) is 0 Å². The van der Waals surface area contributed by atoms with Crippen LogP contribution in [-0.4, -0.2) is 32.4 Å². The first-order valence-corrected chi connectivity index (χ1v) is 8.01. The molecule has 7 nitrogen and oxygen atoms in total. The van der Waals surface area contributed by atoms with E-state index in [2.05, 4.69) is 36.5 Å². The number of anilines is 3. The zero-order valence-corrected chi connectivity index (χ0v) is 13.3. The van der Waals surface area contributed by atoms with Gasteiger partial charge in [-0.15, -0.1) is 0 Å². The van der Waals surface area contributed by atoms with Gasteiger partial charge in [-0.2, -0.15) is 4.98 Å². The summed E-state index contributed by atoms with van der Waals surface area (Å²) >= 11 is 3.33. The second kappa shape index (κ2) is 7.46. The van der Waals surface area contributed by atoms with Crippen LogP contribution in [0.4, 0.5) is 17.5 Å². The highest BCUT2D eigenvalue weighted by Gasteiger charge is 2.05. The van der Waals surface area contributed by atoms with E-state index >= 15 is 0 Å². The zero-order chi connectivity index (χ0) is 15.2. The number of aliphatic hydroxyl groups is 1. The van der Waals surface area contributed by atoms with E-state index in [9.17, 15) is 4.21 Å². The summed E-state index contributed by atoms with van der Waals surface area (Å²) in [7, 11) is -1.49. The molecule has 0 aliphatic heterocycles. The number of aliphatic hydroxyl groups excluding tert-OH is 1. The van der Waals surface area contributed by atoms with Gasteiger partial charge in [0, 0.05) is 18.4 Å². The molecule has 21 heavy (non-hydrogen) atoms. The molecule has 0 amide bonds. The average Bonchev–Trinajstić information content (AvgIpc) is 2.48. The molecule has 0 saturated heterocycles. The number of nitrogens with zero attached hydrogens (tertiary/aromatic N) is 2. The quantitative estimate of drug-likeness (QED) is 0.609. The monoisotopic (exact) mass is 371 g/mol. The van der Waals surface area contributed by atoms with Crippen LogP contribution < -0.4 is 15.8 Å². The minimum Gasteiger partial charge on any atom is -0.395 e. The highest BCUT2D eigenvalue weighted by Crippen LogP contribution is 2.22. The molecule has 9 heteroatoms. The number of hydrogen-bond acceptors (Lipinski definition) is 6. The molecule has 0 saturated carbocycles. The van der Waals surface area contributed by atoms with E-state index in [4.69, 9.17) is 10.2 Å². The summed E-state index contributed by atoms with van der Waals surface area (Å²) in [5.41, 5.74) is 0.750. The number of benzene rings is 1. The van der Waals surface area contributed by atoms with Crippen LogP contribution in [-0.2, 0) is 11.0 Å². The molecule has 1 aromatic carbocycles. The van der Waals surface area contributed by atoms with Crippen molar-refractivity contribution >= 4 is 44.4 Å². The predicted octanol–water partition coefficient (Wildman–Crippen LogP) is 1.37. The molecule has 0 aliphatic rings. The van der Waals surface area contributed by atoms with Crippen LogP contribution in [0.2, 0.25) is 0 Å². The van der Waals surface area contributed by atoms with Crippen molar-refractivity contribution in [3.8, 4) is 0 Å². The minimum atomic E-state index is -1.49. The lowest BCUT2D eigenvalue weighted by Gasteiger charge is -2.09. The van der Waals surface area contributed by atoms with Gasteiger partial charge in [0.25, 0.3) is 0 Å². The first-order chi connectivity index (χ1) is 10.1. The van der Waals surface area contributed by atoms with E-state index in [0.29, 0.717) is 27.7 Å². The molecule has 2 rings (SSSR count). The van der Waals surface area contributed by atoms with Crippen molar-refractivity contribution in [2.45, 2.75) is 4.90 Å². The second-order valence-electron chi connectivity index (χ2n) is 3.99. The van der Waals surface area contributed by atoms with E-state index in [1.165, 1.54) is 0 Å². The molecule has 1 atom stereocenters. The lowest BCUT2D eigenvalue weighted by molar-refractivity contribution is 0.311. The van der Waals surface area contributed by atoms with Gasteiger partial charge in [-0.25, -0.2) is 14.3 Å². The Balaban J connectivity index is 2.13. The smallest absolute Gasteiger partial charge is 0.229 e. The molecule has 112 valence electrons. The average molecular weight is 372 g/mol. The van der Waals surface area contributed by atoms with Gasteiger partial charge < -0.3 is 15.7 Å². The fourth-order valence-corrected chi connectivity index (χ4v) is 2.26. The van der Waals surface area contributed by atoms with Gasteiger partial charge in [0.05, 0.1) is 16.0 Å². The first kappa shape index (κ1) is 15.8. The van der Waals surface area contributed by atoms with Crippen molar-refractivity contribution in [3.05, 3.63) is 34.9 Å². The molecule has 0 spiro atoms. The highest BCUT2D eigenvalue weighted by molar-refractivity contribution is 9.10. The van der Waals surface area contributed by atoms with Gasteiger partial charge in [-0.1, -0.05) is 0 Å². The Morgan fingerprint density at radius 1 is 1.33 bits per heavy atom. The molecule has 0 radical (unpaired) electrons. The molecule has 1 heterocycles. The van der Waals surface area contributed by atoms with E-state index in [0.717, 1.165) is 5.69 Å². The van der Waals surface area contributed by atoms with Crippen LogP contribution in [0.5, 0.6) is 0 Å². The molecule has 1 unspecified atom stereocenters. The topological polar surface area (TPSA) is 113 Å². The number of aromatic nitrogens is 2. The van der Waals surface area contributed by atoms with Crippen LogP contribution in [0, 0.1) is 0 Å². The van der Waals surface area contributed by atoms with Crippen molar-refractivity contribution in [1.29, 1.82) is 0 Å². The summed E-state index contributed by atoms with van der Waals surface area (Å²) in [5.74, 6) is 0.987. The molecular formula is C12H14BrN5O2S. The number of nitrogens with one attached hydrogen (secondary N) is 2. The normalized spacial score (nSPS) is 12.0. The summed E-state index contributed by atoms with van der Waals surface area (Å²) in [4.78, 5) is 8.97. The SMILES string of the molecule is NS(=O)c1ccc(Nc2ncc(Br)c(NCCO)n2)cc1. The molecular weight excluding hydrogens is 358 g/mol. The predicted molar refractivity (Wildman–Crippen MR) is 85.6 cm³/mol. The fraction of sp³-hybridized carbons (Fsp3) is 0.167. The summed E-state index contributed by atoms with van der Waals surface area (Å²) in [6, 6.07) is 6.82. The van der Waals surface area contributed by atoms with E-state index in [1.54, 1.807) is 30.5 Å². The Morgan fingerprint density at radius 3 is 2.67 bits per heavy atom. The maximum Gasteiger partial charge on any atom is 0.229 e. The third-order valence-electron chi connectivity index (χ3n) is 2.49. The van der Waals surface area contributed by atoms with Crippen LogP contribution in [0.3, 0.4) is 0 Å². The van der Waals surface area contributed by atoms with Crippen molar-refractivity contribution in [2.24, 2.45) is 5.14 Å². The van der Waals surface area contributed by atoms with Gasteiger partial charge in [-0.05, 0) is 40.2 Å². The Morgan fingerprint density at radius 2 is 2.05 bits per heavy atom. The van der Waals surface area contributed by atoms with Crippen molar-refractivity contribution in [2.75, 3.05) is 23.8 Å². The Kier molecular flexibility index (Phi) is 5.62. The standard InChI is InChI=1S/C12H14BrN5O2S/c13-10-7-16-12(18-11(10)15-5-6-19)17-8-1-3-9(4-2-8)21(14)20/h1-4,7,19H,5-6,14H2,(H2,15,16,17,18). The number of halogens is 1. The van der Waals surface area contributed by atoms with E-state index in [-0.39, 0.29) is 6.61 Å². The van der Waals surface area contributed by atoms with Crippen molar-refractivity contribution < 1.29 is 9.32 Å². The highest BCUT2D eigenvalue weighted by atomic mass is 79.9. The third kappa shape index (κ3) is 4.46. The molecule has 0 fully saturated rings. The van der Waals surface area contributed by atoms with Crippen LogP contribution in [0.25, 0.3) is 0 Å². The van der Waals surface area contributed by atoms with Crippen LogP contribution in [0.1, 0.15) is 0 Å². The van der Waals surface area contributed by atoms with E-state index < -0.39 is 11.0 Å². The third-order valence-corrected chi connectivity index (χ3v) is 3.81. The second-order valence-corrected chi connectivity index (χ2v) is 5.91. The Hall–Kier alpha value is -1.55. The maximum atomic E-state index is 11.1. The lowest BCUT2D eigenvalue weighted by atomic mass is 10.3. The number of rotatable bonds is 6. The summed E-state index contributed by atoms with van der Waals surface area (Å²) in [5, 5.41) is 20.1. The van der Waals surface area contributed by atoms with Gasteiger partial charge >= 0.3 is 0 Å². The maximum absolute atomic E-state index is 11.1. The molecule has 2 aromatic rings. The van der Waals surface area contributed by atoms with Gasteiger partial charge in [0.15, 0.2) is 0 Å². The Bertz CT molecular complexity index is 638.